The minimum Gasteiger partial charge on any atom is -0.298 e. The van der Waals surface area contributed by atoms with Gasteiger partial charge in [-0.15, -0.1) is 0 Å². The van der Waals surface area contributed by atoms with Crippen LogP contribution in [0.25, 0.3) is 0 Å². The minimum absolute atomic E-state index is 0.0278. The lowest BCUT2D eigenvalue weighted by atomic mass is 9.81. The Bertz CT molecular complexity index is 290. The summed E-state index contributed by atoms with van der Waals surface area (Å²) < 4.78 is 0. The van der Waals surface area contributed by atoms with Gasteiger partial charge in [-0.1, -0.05) is 13.8 Å². The molecule has 2 heteroatoms. The maximum absolute atomic E-state index is 11.8. The maximum atomic E-state index is 11.8. The van der Waals surface area contributed by atoms with Crippen LogP contribution in [0.5, 0.6) is 0 Å². The van der Waals surface area contributed by atoms with Gasteiger partial charge in [0.25, 0.3) is 0 Å². The second-order valence-corrected chi connectivity index (χ2v) is 4.87. The van der Waals surface area contributed by atoms with Crippen molar-refractivity contribution < 1.29 is 9.59 Å². The smallest absolute Gasteiger partial charge is 0.152 e. The predicted molar refractivity (Wildman–Crippen MR) is 44.6 cm³/mol. The Balaban J connectivity index is 2.48. The van der Waals surface area contributed by atoms with Gasteiger partial charge in [0.2, 0.25) is 0 Å². The third-order valence-electron chi connectivity index (χ3n) is 3.94. The summed E-state index contributed by atoms with van der Waals surface area (Å²) >= 11 is 0. The van der Waals surface area contributed by atoms with Crippen molar-refractivity contribution in [2.45, 2.75) is 27.7 Å². The van der Waals surface area contributed by atoms with Gasteiger partial charge in [0.05, 0.1) is 5.41 Å². The van der Waals surface area contributed by atoms with Crippen LogP contribution >= 0.6 is 0 Å². The van der Waals surface area contributed by atoms with Gasteiger partial charge in [-0.05, 0) is 19.8 Å². The fourth-order valence-electron chi connectivity index (χ4n) is 2.75. The average molecular weight is 166 g/mol. The van der Waals surface area contributed by atoms with E-state index >= 15 is 0 Å². The molecule has 2 aliphatic carbocycles. The first-order valence-electron chi connectivity index (χ1n) is 4.43. The lowest BCUT2D eigenvalue weighted by Crippen LogP contribution is -2.32. The Labute approximate surface area is 72.3 Å². The van der Waals surface area contributed by atoms with E-state index in [1.54, 1.807) is 13.8 Å². The zero-order valence-electron chi connectivity index (χ0n) is 7.97. The normalized spacial score (nSPS) is 49.3. The molecule has 0 bridgehead atoms. The summed E-state index contributed by atoms with van der Waals surface area (Å²) in [4.78, 5) is 23.5. The molecule has 0 amide bonds. The number of carbonyl (C=O) groups excluding carboxylic acids is 2. The van der Waals surface area contributed by atoms with Crippen molar-refractivity contribution in [1.29, 1.82) is 0 Å². The van der Waals surface area contributed by atoms with Crippen LogP contribution in [0.3, 0.4) is 0 Å². The minimum atomic E-state index is -0.702. The molecule has 0 aromatic rings. The summed E-state index contributed by atoms with van der Waals surface area (Å²) in [5.74, 6) is 0.616. The number of carbonyl (C=O) groups is 2. The molecule has 0 aromatic carbocycles. The van der Waals surface area contributed by atoms with Crippen LogP contribution in [-0.2, 0) is 9.59 Å². The summed E-state index contributed by atoms with van der Waals surface area (Å²) in [5, 5.41) is 0. The van der Waals surface area contributed by atoms with E-state index in [1.807, 2.05) is 13.8 Å². The van der Waals surface area contributed by atoms with Gasteiger partial charge in [0.1, 0.15) is 5.78 Å². The van der Waals surface area contributed by atoms with Crippen molar-refractivity contribution in [3.05, 3.63) is 0 Å². The number of hydrogen-bond acceptors (Lipinski definition) is 2. The monoisotopic (exact) mass is 166 g/mol. The van der Waals surface area contributed by atoms with Crippen LogP contribution in [0.2, 0.25) is 0 Å². The third kappa shape index (κ3) is 0.520. The Morgan fingerprint density at radius 2 is 1.67 bits per heavy atom. The van der Waals surface area contributed by atoms with E-state index in [4.69, 9.17) is 0 Å². The average Bonchev–Trinajstić information content (AvgIpc) is 2.48. The third-order valence-corrected chi connectivity index (χ3v) is 3.94. The lowest BCUT2D eigenvalue weighted by Gasteiger charge is -2.19. The van der Waals surface area contributed by atoms with Gasteiger partial charge >= 0.3 is 0 Å². The number of hydrogen-bond donors (Lipinski definition) is 0. The Kier molecular flexibility index (Phi) is 1.10. The van der Waals surface area contributed by atoms with Gasteiger partial charge in [0, 0.05) is 11.3 Å². The fraction of sp³-hybridized carbons (Fsp3) is 0.800. The van der Waals surface area contributed by atoms with Gasteiger partial charge < -0.3 is 0 Å². The molecular formula is C10H14O2. The molecule has 0 N–H and O–H groups in total. The van der Waals surface area contributed by atoms with Crippen LogP contribution < -0.4 is 0 Å². The predicted octanol–water partition coefficient (Wildman–Crippen LogP) is 1.44. The van der Waals surface area contributed by atoms with Crippen molar-refractivity contribution >= 4 is 11.6 Å². The molecule has 3 unspecified atom stereocenters. The van der Waals surface area contributed by atoms with Crippen molar-refractivity contribution in [3.63, 3.8) is 0 Å². The molecule has 2 rings (SSSR count). The molecule has 0 spiro atoms. The summed E-state index contributed by atoms with van der Waals surface area (Å²) in [6.45, 7) is 7.43. The fourth-order valence-corrected chi connectivity index (χ4v) is 2.75. The number of rotatable bonds is 0. The molecule has 2 aliphatic rings. The van der Waals surface area contributed by atoms with E-state index in [0.29, 0.717) is 0 Å². The largest absolute Gasteiger partial charge is 0.298 e. The summed E-state index contributed by atoms with van der Waals surface area (Å²) in [7, 11) is 0. The van der Waals surface area contributed by atoms with Gasteiger partial charge in [-0.25, -0.2) is 0 Å². The quantitative estimate of drug-likeness (QED) is 0.510. The summed E-state index contributed by atoms with van der Waals surface area (Å²) in [5.41, 5.74) is -1.01. The molecule has 2 nitrogen and oxygen atoms in total. The molecule has 2 saturated carbocycles. The Hall–Kier alpha value is -0.660. The number of Topliss-reactive ketones (excluding diaryl/α,β-unsaturated/α-hetero) is 2. The zero-order valence-corrected chi connectivity index (χ0v) is 7.97. The molecular weight excluding hydrogens is 152 g/mol. The van der Waals surface area contributed by atoms with Gasteiger partial charge in [-0.2, -0.15) is 0 Å². The van der Waals surface area contributed by atoms with Crippen LogP contribution in [-0.4, -0.2) is 11.6 Å². The van der Waals surface area contributed by atoms with E-state index in [2.05, 4.69) is 0 Å². The first-order valence-corrected chi connectivity index (χ1v) is 4.43. The van der Waals surface area contributed by atoms with Crippen molar-refractivity contribution in [2.75, 3.05) is 0 Å². The van der Waals surface area contributed by atoms with Crippen molar-refractivity contribution in [3.8, 4) is 0 Å². The first kappa shape index (κ1) is 7.96. The van der Waals surface area contributed by atoms with E-state index < -0.39 is 5.41 Å². The van der Waals surface area contributed by atoms with E-state index in [0.717, 1.165) is 0 Å². The molecule has 0 saturated heterocycles. The molecule has 0 aromatic heterocycles. The first-order chi connectivity index (χ1) is 5.34. The topological polar surface area (TPSA) is 34.1 Å². The molecule has 66 valence electrons. The van der Waals surface area contributed by atoms with Crippen LogP contribution in [0.1, 0.15) is 27.7 Å². The van der Waals surface area contributed by atoms with Gasteiger partial charge in [-0.3, -0.25) is 9.59 Å². The molecule has 3 atom stereocenters. The van der Waals surface area contributed by atoms with Crippen molar-refractivity contribution in [1.82, 2.24) is 0 Å². The highest BCUT2D eigenvalue weighted by atomic mass is 16.2. The van der Waals surface area contributed by atoms with Crippen LogP contribution in [0, 0.1) is 22.7 Å². The Morgan fingerprint density at radius 1 is 1.17 bits per heavy atom. The van der Waals surface area contributed by atoms with Gasteiger partial charge in [0.15, 0.2) is 5.78 Å². The zero-order chi connectivity index (χ0) is 9.31. The lowest BCUT2D eigenvalue weighted by molar-refractivity contribution is -0.137. The maximum Gasteiger partial charge on any atom is 0.152 e. The SMILES string of the molecule is CC1C2C(=O)C(C)(C)C(=O)C12C. The van der Waals surface area contributed by atoms with Crippen molar-refractivity contribution in [2.24, 2.45) is 22.7 Å². The highest BCUT2D eigenvalue weighted by Gasteiger charge is 2.76. The number of fused-ring (bicyclic) bond motifs is 1. The second kappa shape index (κ2) is 1.66. The number of ketones is 2. The van der Waals surface area contributed by atoms with Crippen LogP contribution in [0.15, 0.2) is 0 Å². The highest BCUT2D eigenvalue weighted by molar-refractivity contribution is 6.20. The van der Waals surface area contributed by atoms with E-state index in [9.17, 15) is 9.59 Å². The summed E-state index contributed by atoms with van der Waals surface area (Å²) in [6.07, 6.45) is 0. The standard InChI is InChI=1S/C10H14O2/c1-5-6-7(11)9(2,3)8(12)10(5,6)4/h5-6H,1-4H3. The molecule has 0 aliphatic heterocycles. The molecule has 2 fully saturated rings. The van der Waals surface area contributed by atoms with E-state index in [-0.39, 0.29) is 28.8 Å². The molecule has 0 radical (unpaired) electrons. The van der Waals surface area contributed by atoms with Crippen LogP contribution in [0.4, 0.5) is 0 Å². The molecule has 12 heavy (non-hydrogen) atoms. The summed E-state index contributed by atoms with van der Waals surface area (Å²) in [6, 6.07) is 0. The Morgan fingerprint density at radius 3 is 1.92 bits per heavy atom. The molecule has 0 heterocycles. The van der Waals surface area contributed by atoms with E-state index in [1.165, 1.54) is 0 Å². The highest BCUT2D eigenvalue weighted by Crippen LogP contribution is 2.68. The second-order valence-electron chi connectivity index (χ2n) is 4.87.